The van der Waals surface area contributed by atoms with Gasteiger partial charge in [-0.1, -0.05) is 0 Å². The third kappa shape index (κ3) is 1.90. The summed E-state index contributed by atoms with van der Waals surface area (Å²) in [7, 11) is 0. The first kappa shape index (κ1) is 6.37. The summed E-state index contributed by atoms with van der Waals surface area (Å²) in [6.45, 7) is 3.01. The fourth-order valence-electron chi connectivity index (χ4n) is 1.08. The molecule has 3 heteroatoms. The van der Waals surface area contributed by atoms with Crippen LogP contribution in [0.4, 0.5) is 0 Å². The van der Waals surface area contributed by atoms with E-state index in [1.807, 2.05) is 6.19 Å². The highest BCUT2D eigenvalue weighted by molar-refractivity contribution is 4.76. The van der Waals surface area contributed by atoms with E-state index in [4.69, 9.17) is 5.26 Å². The predicted molar refractivity (Wildman–Crippen MR) is 34.6 cm³/mol. The van der Waals surface area contributed by atoms with E-state index in [9.17, 15) is 0 Å². The Morgan fingerprint density at radius 1 is 1.78 bits per heavy atom. The van der Waals surface area contributed by atoms with Crippen molar-refractivity contribution in [1.29, 1.82) is 5.26 Å². The highest BCUT2D eigenvalue weighted by atomic mass is 14.9. The lowest BCUT2D eigenvalue weighted by atomic mass is 10.1. The van der Waals surface area contributed by atoms with E-state index in [2.05, 4.69) is 10.6 Å². The number of nitrogens with one attached hydrogen (secondary N) is 2. The van der Waals surface area contributed by atoms with Crippen LogP contribution >= 0.6 is 0 Å². The second-order valence-electron chi connectivity index (χ2n) is 2.35. The van der Waals surface area contributed by atoms with Gasteiger partial charge in [0.25, 0.3) is 0 Å². The van der Waals surface area contributed by atoms with Gasteiger partial charge in [0.15, 0.2) is 6.19 Å². The molecule has 0 aromatic carbocycles. The van der Waals surface area contributed by atoms with Crippen molar-refractivity contribution in [2.75, 3.05) is 19.6 Å². The van der Waals surface area contributed by atoms with Crippen LogP contribution in [0, 0.1) is 17.4 Å². The van der Waals surface area contributed by atoms with Gasteiger partial charge in [0.05, 0.1) is 0 Å². The summed E-state index contributed by atoms with van der Waals surface area (Å²) in [5.41, 5.74) is 0. The van der Waals surface area contributed by atoms with Gasteiger partial charge in [-0.2, -0.15) is 5.26 Å². The smallest absolute Gasteiger partial charge is 0.176 e. The molecule has 1 fully saturated rings. The summed E-state index contributed by atoms with van der Waals surface area (Å²) < 4.78 is 0. The summed E-state index contributed by atoms with van der Waals surface area (Å²) >= 11 is 0. The Bertz CT molecular complexity index is 110. The highest BCUT2D eigenvalue weighted by Gasteiger charge is 2.12. The van der Waals surface area contributed by atoms with Crippen LogP contribution in [0.2, 0.25) is 0 Å². The maximum atomic E-state index is 8.15. The molecule has 0 bridgehead atoms. The fraction of sp³-hybridized carbons (Fsp3) is 0.833. The van der Waals surface area contributed by atoms with Gasteiger partial charge in [0.2, 0.25) is 0 Å². The zero-order valence-corrected chi connectivity index (χ0v) is 5.35. The minimum atomic E-state index is 0.671. The first-order valence-electron chi connectivity index (χ1n) is 3.26. The van der Waals surface area contributed by atoms with Crippen LogP contribution in [0.3, 0.4) is 0 Å². The van der Waals surface area contributed by atoms with Crippen molar-refractivity contribution in [2.45, 2.75) is 6.42 Å². The van der Waals surface area contributed by atoms with Crippen molar-refractivity contribution in [3.05, 3.63) is 0 Å². The molecule has 50 valence electrons. The Morgan fingerprint density at radius 2 is 2.67 bits per heavy atom. The Labute approximate surface area is 55.1 Å². The van der Waals surface area contributed by atoms with Gasteiger partial charge in [-0.25, -0.2) is 0 Å². The van der Waals surface area contributed by atoms with E-state index in [-0.39, 0.29) is 0 Å². The summed E-state index contributed by atoms with van der Waals surface area (Å²) in [5, 5.41) is 14.0. The van der Waals surface area contributed by atoms with E-state index in [1.165, 1.54) is 6.42 Å². The topological polar surface area (TPSA) is 47.9 Å². The molecule has 1 unspecified atom stereocenters. The van der Waals surface area contributed by atoms with Crippen molar-refractivity contribution in [2.24, 2.45) is 5.92 Å². The van der Waals surface area contributed by atoms with Crippen LogP contribution in [-0.4, -0.2) is 19.6 Å². The monoisotopic (exact) mass is 125 g/mol. The molecule has 9 heavy (non-hydrogen) atoms. The Morgan fingerprint density at radius 3 is 3.22 bits per heavy atom. The highest BCUT2D eigenvalue weighted by Crippen LogP contribution is 2.04. The molecular formula is C6H11N3. The minimum absolute atomic E-state index is 0.671. The van der Waals surface area contributed by atoms with Crippen molar-refractivity contribution in [1.82, 2.24) is 10.6 Å². The number of rotatable bonds is 2. The second kappa shape index (κ2) is 3.31. The van der Waals surface area contributed by atoms with Crippen molar-refractivity contribution < 1.29 is 0 Å². The van der Waals surface area contributed by atoms with Crippen LogP contribution < -0.4 is 10.6 Å². The minimum Gasteiger partial charge on any atom is -0.324 e. The molecule has 0 radical (unpaired) electrons. The maximum Gasteiger partial charge on any atom is 0.176 e. The molecule has 1 aliphatic heterocycles. The molecule has 0 aromatic heterocycles. The normalized spacial score (nSPS) is 25.4. The molecule has 0 aliphatic carbocycles. The fourth-order valence-corrected chi connectivity index (χ4v) is 1.08. The Hall–Kier alpha value is -0.750. The largest absolute Gasteiger partial charge is 0.324 e. The van der Waals surface area contributed by atoms with Gasteiger partial charge in [0.1, 0.15) is 0 Å². The maximum absolute atomic E-state index is 8.15. The summed E-state index contributed by atoms with van der Waals surface area (Å²) in [5.74, 6) is 0.671. The van der Waals surface area contributed by atoms with E-state index in [0.717, 1.165) is 19.6 Å². The van der Waals surface area contributed by atoms with Crippen LogP contribution in [0.5, 0.6) is 0 Å². The van der Waals surface area contributed by atoms with Gasteiger partial charge in [0, 0.05) is 6.54 Å². The van der Waals surface area contributed by atoms with Crippen LogP contribution in [-0.2, 0) is 0 Å². The van der Waals surface area contributed by atoms with Gasteiger partial charge in [-0.3, -0.25) is 0 Å². The van der Waals surface area contributed by atoms with Crippen LogP contribution in [0.25, 0.3) is 0 Å². The molecule has 0 saturated carbocycles. The molecule has 2 N–H and O–H groups in total. The molecule has 0 amide bonds. The number of hydrogen-bond acceptors (Lipinski definition) is 3. The number of nitrogens with zero attached hydrogens (tertiary/aromatic N) is 1. The van der Waals surface area contributed by atoms with E-state index in [1.54, 1.807) is 0 Å². The Balaban J connectivity index is 2.06. The average molecular weight is 125 g/mol. The van der Waals surface area contributed by atoms with Crippen LogP contribution in [0.15, 0.2) is 0 Å². The summed E-state index contributed by atoms with van der Waals surface area (Å²) in [4.78, 5) is 0. The predicted octanol–water partition coefficient (Wildman–Crippen LogP) is -0.333. The van der Waals surface area contributed by atoms with E-state index < -0.39 is 0 Å². The first-order chi connectivity index (χ1) is 4.43. The summed E-state index contributed by atoms with van der Waals surface area (Å²) in [6, 6.07) is 0. The average Bonchev–Trinajstić information content (AvgIpc) is 2.34. The van der Waals surface area contributed by atoms with Crippen LogP contribution in [0.1, 0.15) is 6.42 Å². The van der Waals surface area contributed by atoms with Gasteiger partial charge in [-0.05, 0) is 25.4 Å². The third-order valence-electron chi connectivity index (χ3n) is 1.63. The summed E-state index contributed by atoms with van der Waals surface area (Å²) in [6.07, 6.45) is 3.12. The van der Waals surface area contributed by atoms with Gasteiger partial charge < -0.3 is 10.6 Å². The molecule has 3 nitrogen and oxygen atoms in total. The molecular weight excluding hydrogens is 114 g/mol. The molecule has 1 saturated heterocycles. The van der Waals surface area contributed by atoms with Crippen molar-refractivity contribution in [3.63, 3.8) is 0 Å². The lowest BCUT2D eigenvalue weighted by molar-refractivity contribution is 0.560. The quantitative estimate of drug-likeness (QED) is 0.392. The standard InChI is InChI=1S/C6H11N3/c7-5-9-4-6-1-2-8-3-6/h6,8-9H,1-4H2. The van der Waals surface area contributed by atoms with E-state index in [0.29, 0.717) is 5.92 Å². The molecule has 1 atom stereocenters. The zero-order valence-electron chi connectivity index (χ0n) is 5.35. The number of nitriles is 1. The zero-order chi connectivity index (χ0) is 6.53. The molecule has 1 heterocycles. The van der Waals surface area contributed by atoms with Gasteiger partial charge in [-0.15, -0.1) is 0 Å². The molecule has 0 aromatic rings. The Kier molecular flexibility index (Phi) is 2.34. The SMILES string of the molecule is N#CNCC1CCNC1. The lowest BCUT2D eigenvalue weighted by Crippen LogP contribution is -2.20. The molecule has 1 aliphatic rings. The van der Waals surface area contributed by atoms with Crippen molar-refractivity contribution in [3.8, 4) is 6.19 Å². The first-order valence-corrected chi connectivity index (χ1v) is 3.26. The van der Waals surface area contributed by atoms with Gasteiger partial charge >= 0.3 is 0 Å². The molecule has 1 rings (SSSR count). The number of hydrogen-bond donors (Lipinski definition) is 2. The second-order valence-corrected chi connectivity index (χ2v) is 2.35. The molecule has 0 spiro atoms. The third-order valence-corrected chi connectivity index (χ3v) is 1.63. The van der Waals surface area contributed by atoms with Crippen molar-refractivity contribution >= 4 is 0 Å². The van der Waals surface area contributed by atoms with E-state index >= 15 is 0 Å². The lowest BCUT2D eigenvalue weighted by Gasteiger charge is -2.03.